The van der Waals surface area contributed by atoms with E-state index in [1.165, 1.54) is 0 Å². The lowest BCUT2D eigenvalue weighted by Gasteiger charge is -2.16. The van der Waals surface area contributed by atoms with Crippen molar-refractivity contribution in [2.75, 3.05) is 0 Å². The van der Waals surface area contributed by atoms with E-state index in [-0.39, 0.29) is 4.90 Å². The van der Waals surface area contributed by atoms with Crippen LogP contribution in [0.3, 0.4) is 0 Å². The van der Waals surface area contributed by atoms with Crippen molar-refractivity contribution < 1.29 is 12.5 Å². The van der Waals surface area contributed by atoms with Gasteiger partial charge in [-0.15, -0.1) is 0 Å². The average molecular weight is 364 g/mol. The van der Waals surface area contributed by atoms with E-state index in [2.05, 4.69) is 0 Å². The molecule has 0 saturated heterocycles. The molecule has 3 aromatic carbocycles. The molecule has 0 bridgehead atoms. The Morgan fingerprint density at radius 1 is 0.615 bits per heavy atom. The minimum Gasteiger partial charge on any atom is -0.317 e. The summed E-state index contributed by atoms with van der Waals surface area (Å²) in [6, 6.07) is 22.1. The Morgan fingerprint density at radius 2 is 0.962 bits per heavy atom. The predicted molar refractivity (Wildman–Crippen MR) is 107 cm³/mol. The summed E-state index contributed by atoms with van der Waals surface area (Å²) in [5.41, 5.74) is 4.82. The van der Waals surface area contributed by atoms with Gasteiger partial charge in [0.05, 0.1) is 4.90 Å². The highest BCUT2D eigenvalue weighted by atomic mass is 32.2. The Hall–Kier alpha value is -2.37. The first-order chi connectivity index (χ1) is 12.3. The summed E-state index contributed by atoms with van der Waals surface area (Å²) in [5, 5.41) is 0. The number of hydrogen-bond acceptors (Lipinski definition) is 3. The molecule has 0 atom stereocenters. The summed E-state index contributed by atoms with van der Waals surface area (Å²) in [4.78, 5) is 0.160. The summed E-state index contributed by atoms with van der Waals surface area (Å²) in [6.07, 6.45) is 0. The molecule has 0 aromatic heterocycles. The molecule has 3 aromatic rings. The van der Waals surface area contributed by atoms with Gasteiger partial charge in [-0.3, -0.25) is 0 Å². The molecule has 0 unspecified atom stereocenters. The molecule has 0 spiro atoms. The predicted octanol–water partition coefficient (Wildman–Crippen LogP) is 3.12. The summed E-state index contributed by atoms with van der Waals surface area (Å²) < 4.78 is 31.3. The number of hydrogen-bond donors (Lipinski definition) is 0. The maximum atomic E-state index is 12.8. The first kappa shape index (κ1) is 18.4. The maximum absolute atomic E-state index is 12.8. The van der Waals surface area contributed by atoms with Crippen LogP contribution in [0.25, 0.3) is 0 Å². The van der Waals surface area contributed by atoms with Crippen LogP contribution in [-0.4, -0.2) is 15.3 Å². The molecule has 0 fully saturated rings. The quantitative estimate of drug-likeness (QED) is 0.654. The lowest BCUT2D eigenvalue weighted by molar-refractivity contribution is 0.499. The topological polar surface area (TPSA) is 43.4 Å². The summed E-state index contributed by atoms with van der Waals surface area (Å²) >= 11 is 0. The number of benzene rings is 3. The molecule has 132 valence electrons. The Bertz CT molecular complexity index is 931. The molecule has 0 N–H and O–H groups in total. The van der Waals surface area contributed by atoms with Crippen LogP contribution in [0.1, 0.15) is 16.7 Å². The van der Waals surface area contributed by atoms with Crippen molar-refractivity contribution in [1.82, 2.24) is 0 Å². The van der Waals surface area contributed by atoms with E-state index in [1.807, 2.05) is 69.3 Å². The van der Waals surface area contributed by atoms with Crippen molar-refractivity contribution in [2.24, 2.45) is 0 Å². The standard InChI is InChI=1S/C21H21BO3S/c1-16-4-10-19(11-5-16)22(20-12-6-17(2)7-13-20)25-26(23,24)21-14-8-18(3)9-15-21/h4-15H,1-3H3. The van der Waals surface area contributed by atoms with Gasteiger partial charge in [-0.05, 0) is 43.8 Å². The molecule has 26 heavy (non-hydrogen) atoms. The van der Waals surface area contributed by atoms with Crippen molar-refractivity contribution >= 4 is 28.0 Å². The average Bonchev–Trinajstić information content (AvgIpc) is 2.62. The van der Waals surface area contributed by atoms with Crippen LogP contribution >= 0.6 is 0 Å². The zero-order chi connectivity index (χ0) is 18.7. The Morgan fingerprint density at radius 3 is 1.35 bits per heavy atom. The summed E-state index contributed by atoms with van der Waals surface area (Å²) in [7, 11) is -3.89. The normalized spacial score (nSPS) is 11.3. The van der Waals surface area contributed by atoms with Crippen LogP contribution in [0, 0.1) is 20.8 Å². The molecule has 0 heterocycles. The second kappa shape index (κ2) is 7.48. The molecule has 0 aliphatic heterocycles. The lowest BCUT2D eigenvalue weighted by Crippen LogP contribution is -2.46. The van der Waals surface area contributed by atoms with Crippen molar-refractivity contribution in [1.29, 1.82) is 0 Å². The summed E-state index contributed by atoms with van der Waals surface area (Å²) in [6.45, 7) is 5.21. The van der Waals surface area contributed by atoms with Crippen LogP contribution < -0.4 is 10.9 Å². The fraction of sp³-hybridized carbons (Fsp3) is 0.143. The van der Waals surface area contributed by atoms with Gasteiger partial charge < -0.3 is 4.10 Å². The molecule has 5 heteroatoms. The van der Waals surface area contributed by atoms with Crippen LogP contribution in [0.5, 0.6) is 0 Å². The molecular formula is C21H21BO3S. The van der Waals surface area contributed by atoms with E-state index < -0.39 is 17.0 Å². The van der Waals surface area contributed by atoms with E-state index >= 15 is 0 Å². The smallest absolute Gasteiger partial charge is 0.317 e. The van der Waals surface area contributed by atoms with Gasteiger partial charge in [0.15, 0.2) is 0 Å². The molecule has 0 amide bonds. The monoisotopic (exact) mass is 364 g/mol. The highest BCUT2D eigenvalue weighted by molar-refractivity contribution is 7.87. The second-order valence-electron chi connectivity index (χ2n) is 6.56. The largest absolute Gasteiger partial charge is 0.383 e. The second-order valence-corrected chi connectivity index (χ2v) is 8.14. The fourth-order valence-corrected chi connectivity index (χ4v) is 3.73. The highest BCUT2D eigenvalue weighted by Gasteiger charge is 2.29. The van der Waals surface area contributed by atoms with Crippen molar-refractivity contribution in [2.45, 2.75) is 25.7 Å². The van der Waals surface area contributed by atoms with Crippen molar-refractivity contribution in [3.8, 4) is 0 Å². The van der Waals surface area contributed by atoms with E-state index in [0.717, 1.165) is 27.6 Å². The van der Waals surface area contributed by atoms with Gasteiger partial charge in [0.1, 0.15) is 0 Å². The molecule has 0 aliphatic carbocycles. The van der Waals surface area contributed by atoms with Gasteiger partial charge in [-0.1, -0.05) is 77.4 Å². The van der Waals surface area contributed by atoms with Crippen LogP contribution in [0.4, 0.5) is 0 Å². The SMILES string of the molecule is Cc1ccc(B(OS(=O)(=O)c2ccc(C)cc2)c2ccc(C)cc2)cc1. The molecule has 3 rings (SSSR count). The van der Waals surface area contributed by atoms with E-state index in [4.69, 9.17) is 4.10 Å². The number of rotatable bonds is 5. The first-order valence-electron chi connectivity index (χ1n) is 8.48. The van der Waals surface area contributed by atoms with E-state index in [1.54, 1.807) is 24.3 Å². The Kier molecular flexibility index (Phi) is 5.30. The first-order valence-corrected chi connectivity index (χ1v) is 9.89. The van der Waals surface area contributed by atoms with Gasteiger partial charge in [-0.2, -0.15) is 8.42 Å². The van der Waals surface area contributed by atoms with Gasteiger partial charge in [-0.25, -0.2) is 0 Å². The Balaban J connectivity index is 2.01. The van der Waals surface area contributed by atoms with Crippen LogP contribution in [0.2, 0.25) is 0 Å². The minimum atomic E-state index is -3.89. The molecule has 0 radical (unpaired) electrons. The third-order valence-electron chi connectivity index (χ3n) is 4.29. The van der Waals surface area contributed by atoms with E-state index in [9.17, 15) is 8.42 Å². The van der Waals surface area contributed by atoms with Gasteiger partial charge >= 0.3 is 6.92 Å². The third kappa shape index (κ3) is 4.24. The van der Waals surface area contributed by atoms with Crippen molar-refractivity contribution in [3.63, 3.8) is 0 Å². The van der Waals surface area contributed by atoms with Crippen LogP contribution in [-0.2, 0) is 14.2 Å². The molecule has 0 saturated carbocycles. The van der Waals surface area contributed by atoms with Gasteiger partial charge in [0, 0.05) is 0 Å². The zero-order valence-corrected chi connectivity index (χ0v) is 16.0. The van der Waals surface area contributed by atoms with Crippen LogP contribution in [0.15, 0.2) is 77.7 Å². The lowest BCUT2D eigenvalue weighted by atomic mass is 9.56. The molecule has 3 nitrogen and oxygen atoms in total. The van der Waals surface area contributed by atoms with Crippen molar-refractivity contribution in [3.05, 3.63) is 89.5 Å². The highest BCUT2D eigenvalue weighted by Crippen LogP contribution is 2.15. The fourth-order valence-electron chi connectivity index (χ4n) is 2.67. The minimum absolute atomic E-state index is 0.160. The van der Waals surface area contributed by atoms with E-state index in [0.29, 0.717) is 0 Å². The van der Waals surface area contributed by atoms with Gasteiger partial charge in [0.2, 0.25) is 0 Å². The Labute approximate surface area is 155 Å². The number of aryl methyl sites for hydroxylation is 3. The third-order valence-corrected chi connectivity index (χ3v) is 5.59. The molecular weight excluding hydrogens is 343 g/mol. The maximum Gasteiger partial charge on any atom is 0.383 e. The zero-order valence-electron chi connectivity index (χ0n) is 15.1. The van der Waals surface area contributed by atoms with Gasteiger partial charge in [0.25, 0.3) is 10.1 Å². The molecule has 0 aliphatic rings. The summed E-state index contributed by atoms with van der Waals surface area (Å²) in [5.74, 6) is 0.